The summed E-state index contributed by atoms with van der Waals surface area (Å²) in [5, 5.41) is 11.9. The summed E-state index contributed by atoms with van der Waals surface area (Å²) in [5.41, 5.74) is -0.562. The van der Waals surface area contributed by atoms with Crippen LogP contribution in [0.25, 0.3) is 0 Å². The normalized spacial score (nSPS) is 25.1. The van der Waals surface area contributed by atoms with Gasteiger partial charge in [-0.05, 0) is 33.6 Å². The fourth-order valence-corrected chi connectivity index (χ4v) is 2.23. The monoisotopic (exact) mass is 257 g/mol. The van der Waals surface area contributed by atoms with Gasteiger partial charge in [0.15, 0.2) is 0 Å². The van der Waals surface area contributed by atoms with Gasteiger partial charge in [-0.15, -0.1) is 0 Å². The maximum absolute atomic E-state index is 11.7. The van der Waals surface area contributed by atoms with Crippen molar-refractivity contribution >= 4 is 12.1 Å². The van der Waals surface area contributed by atoms with E-state index in [1.165, 1.54) is 0 Å². The first kappa shape index (κ1) is 14.8. The molecule has 1 aliphatic carbocycles. The van der Waals surface area contributed by atoms with E-state index in [9.17, 15) is 14.7 Å². The van der Waals surface area contributed by atoms with Gasteiger partial charge in [-0.2, -0.15) is 0 Å². The van der Waals surface area contributed by atoms with Crippen molar-refractivity contribution in [3.63, 3.8) is 0 Å². The van der Waals surface area contributed by atoms with Gasteiger partial charge in [0.05, 0.1) is 5.92 Å². The van der Waals surface area contributed by atoms with Crippen LogP contribution in [0.3, 0.4) is 0 Å². The zero-order valence-electron chi connectivity index (χ0n) is 11.4. The molecule has 0 saturated heterocycles. The van der Waals surface area contributed by atoms with Crippen LogP contribution in [-0.2, 0) is 9.53 Å². The number of carbonyl (C=O) groups excluding carboxylic acids is 1. The van der Waals surface area contributed by atoms with Crippen molar-refractivity contribution in [2.45, 2.75) is 64.5 Å². The highest BCUT2D eigenvalue weighted by Gasteiger charge is 2.31. The molecular formula is C13H23NO4. The molecule has 5 heteroatoms. The first-order valence-electron chi connectivity index (χ1n) is 6.52. The minimum Gasteiger partial charge on any atom is -0.481 e. The molecule has 0 spiro atoms. The van der Waals surface area contributed by atoms with Crippen molar-refractivity contribution in [1.82, 2.24) is 5.32 Å². The van der Waals surface area contributed by atoms with Gasteiger partial charge in [0.25, 0.3) is 0 Å². The van der Waals surface area contributed by atoms with Crippen LogP contribution in [0.2, 0.25) is 0 Å². The summed E-state index contributed by atoms with van der Waals surface area (Å²) in [7, 11) is 0. The molecule has 104 valence electrons. The zero-order chi connectivity index (χ0) is 13.8. The standard InChI is InChI=1S/C13H23NO4/c1-13(2,3)18-12(17)14-10-8-6-4-5-7-9(10)11(15)16/h9-10H,4-8H2,1-3H3,(H,14,17)(H,15,16). The molecule has 5 nitrogen and oxygen atoms in total. The summed E-state index contributed by atoms with van der Waals surface area (Å²) in [4.78, 5) is 22.9. The summed E-state index contributed by atoms with van der Waals surface area (Å²) in [5.74, 6) is -1.34. The summed E-state index contributed by atoms with van der Waals surface area (Å²) in [6, 6.07) is -0.320. The van der Waals surface area contributed by atoms with Crippen LogP contribution >= 0.6 is 0 Å². The van der Waals surface area contributed by atoms with Crippen molar-refractivity contribution in [1.29, 1.82) is 0 Å². The Labute approximate surface area is 108 Å². The van der Waals surface area contributed by atoms with Gasteiger partial charge in [-0.25, -0.2) is 4.79 Å². The van der Waals surface area contributed by atoms with Crippen LogP contribution in [-0.4, -0.2) is 28.8 Å². The van der Waals surface area contributed by atoms with Crippen LogP contribution in [0, 0.1) is 5.92 Å². The van der Waals surface area contributed by atoms with Crippen molar-refractivity contribution < 1.29 is 19.4 Å². The van der Waals surface area contributed by atoms with Gasteiger partial charge in [-0.3, -0.25) is 4.79 Å². The Morgan fingerprint density at radius 1 is 1.17 bits per heavy atom. The van der Waals surface area contributed by atoms with Crippen LogP contribution in [0.5, 0.6) is 0 Å². The minimum atomic E-state index is -0.835. The molecule has 1 fully saturated rings. The van der Waals surface area contributed by atoms with Crippen molar-refractivity contribution in [3.05, 3.63) is 0 Å². The number of carboxylic acids is 1. The predicted octanol–water partition coefficient (Wildman–Crippen LogP) is 2.54. The maximum atomic E-state index is 11.7. The molecule has 1 rings (SSSR count). The Bertz CT molecular complexity index is 309. The molecule has 0 aromatic heterocycles. The molecule has 1 saturated carbocycles. The number of aliphatic carboxylic acids is 1. The number of rotatable bonds is 2. The number of ether oxygens (including phenoxy) is 1. The van der Waals surface area contributed by atoms with Crippen LogP contribution in [0.4, 0.5) is 4.79 Å². The highest BCUT2D eigenvalue weighted by molar-refractivity contribution is 5.73. The first-order chi connectivity index (χ1) is 8.29. The third-order valence-electron chi connectivity index (χ3n) is 3.04. The molecule has 18 heavy (non-hydrogen) atoms. The van der Waals surface area contributed by atoms with Crippen molar-refractivity contribution in [3.8, 4) is 0 Å². The smallest absolute Gasteiger partial charge is 0.407 e. The first-order valence-corrected chi connectivity index (χ1v) is 6.52. The highest BCUT2D eigenvalue weighted by atomic mass is 16.6. The second kappa shape index (κ2) is 6.07. The fourth-order valence-electron chi connectivity index (χ4n) is 2.23. The molecule has 0 aromatic carbocycles. The Hall–Kier alpha value is -1.26. The summed E-state index contributed by atoms with van der Waals surface area (Å²) in [6.45, 7) is 5.36. The van der Waals surface area contributed by atoms with Crippen molar-refractivity contribution in [2.75, 3.05) is 0 Å². The number of hydrogen-bond acceptors (Lipinski definition) is 3. The van der Waals surface area contributed by atoms with E-state index in [1.54, 1.807) is 20.8 Å². The van der Waals surface area contributed by atoms with Gasteiger partial charge in [0.2, 0.25) is 0 Å². The summed E-state index contributed by atoms with van der Waals surface area (Å²) < 4.78 is 5.17. The largest absolute Gasteiger partial charge is 0.481 e. The van der Waals surface area contributed by atoms with Gasteiger partial charge < -0.3 is 15.2 Å². The highest BCUT2D eigenvalue weighted by Crippen LogP contribution is 2.24. The number of carbonyl (C=O) groups is 2. The maximum Gasteiger partial charge on any atom is 0.407 e. The predicted molar refractivity (Wildman–Crippen MR) is 67.4 cm³/mol. The molecule has 1 aliphatic rings. The quantitative estimate of drug-likeness (QED) is 0.745. The van der Waals surface area contributed by atoms with Crippen molar-refractivity contribution in [2.24, 2.45) is 5.92 Å². The lowest BCUT2D eigenvalue weighted by Gasteiger charge is -2.25. The van der Waals surface area contributed by atoms with Gasteiger partial charge in [0.1, 0.15) is 5.60 Å². The SMILES string of the molecule is CC(C)(C)OC(=O)NC1CCCCCC1C(=O)O. The summed E-state index contributed by atoms with van der Waals surface area (Å²) in [6.07, 6.45) is 3.68. The molecule has 0 aromatic rings. The zero-order valence-corrected chi connectivity index (χ0v) is 11.4. The molecule has 1 amide bonds. The Balaban J connectivity index is 2.60. The van der Waals surface area contributed by atoms with E-state index in [-0.39, 0.29) is 6.04 Å². The second-order valence-electron chi connectivity index (χ2n) is 5.84. The molecule has 0 aliphatic heterocycles. The van der Waals surface area contributed by atoms with E-state index in [0.29, 0.717) is 12.8 Å². The molecule has 2 unspecified atom stereocenters. The number of alkyl carbamates (subject to hydrolysis) is 1. The summed E-state index contributed by atoms with van der Waals surface area (Å²) >= 11 is 0. The lowest BCUT2D eigenvalue weighted by molar-refractivity contribution is -0.142. The Morgan fingerprint density at radius 2 is 1.78 bits per heavy atom. The molecular weight excluding hydrogens is 234 g/mol. The molecule has 0 bridgehead atoms. The van der Waals surface area contributed by atoms with E-state index in [1.807, 2.05) is 0 Å². The second-order valence-corrected chi connectivity index (χ2v) is 5.84. The number of hydrogen-bond donors (Lipinski definition) is 2. The van der Waals surface area contributed by atoms with Gasteiger partial charge in [-0.1, -0.05) is 19.3 Å². The number of amides is 1. The average Bonchev–Trinajstić information content (AvgIpc) is 2.39. The number of nitrogens with one attached hydrogen (secondary N) is 1. The third-order valence-corrected chi connectivity index (χ3v) is 3.04. The Morgan fingerprint density at radius 3 is 2.33 bits per heavy atom. The topological polar surface area (TPSA) is 75.6 Å². The van der Waals surface area contributed by atoms with E-state index in [0.717, 1.165) is 19.3 Å². The van der Waals surface area contributed by atoms with Gasteiger partial charge in [0, 0.05) is 6.04 Å². The lowest BCUT2D eigenvalue weighted by Crippen LogP contribution is -2.44. The average molecular weight is 257 g/mol. The van der Waals surface area contributed by atoms with Crippen LogP contribution in [0.1, 0.15) is 52.9 Å². The van der Waals surface area contributed by atoms with E-state index in [2.05, 4.69) is 5.32 Å². The third kappa shape index (κ3) is 4.94. The fraction of sp³-hybridized carbons (Fsp3) is 0.846. The van der Waals surface area contributed by atoms with E-state index in [4.69, 9.17) is 4.74 Å². The molecule has 0 heterocycles. The molecule has 0 radical (unpaired) electrons. The Kier molecular flexibility index (Phi) is 4.99. The number of carboxylic acid groups (broad SMARTS) is 1. The van der Waals surface area contributed by atoms with E-state index < -0.39 is 23.6 Å². The van der Waals surface area contributed by atoms with E-state index >= 15 is 0 Å². The van der Waals surface area contributed by atoms with Gasteiger partial charge >= 0.3 is 12.1 Å². The van der Waals surface area contributed by atoms with Crippen LogP contribution in [0.15, 0.2) is 0 Å². The van der Waals surface area contributed by atoms with Crippen LogP contribution < -0.4 is 5.32 Å². The molecule has 2 N–H and O–H groups in total. The molecule has 2 atom stereocenters. The lowest BCUT2D eigenvalue weighted by atomic mass is 9.95. The minimum absolute atomic E-state index is 0.320.